The van der Waals surface area contributed by atoms with E-state index in [4.69, 9.17) is 10.2 Å². The van der Waals surface area contributed by atoms with Gasteiger partial charge in [0.25, 0.3) is 0 Å². The van der Waals surface area contributed by atoms with Crippen molar-refractivity contribution in [2.45, 2.75) is 20.0 Å². The molecular weight excluding hydrogens is 256 g/mol. The molecule has 0 saturated heterocycles. The van der Waals surface area contributed by atoms with Crippen LogP contribution in [0.25, 0.3) is 5.57 Å². The number of ether oxygens (including phenoxy) is 1. The second-order valence-electron chi connectivity index (χ2n) is 4.36. The Morgan fingerprint density at radius 3 is 2.15 bits per heavy atom. The molecule has 110 valence electrons. The van der Waals surface area contributed by atoms with Gasteiger partial charge in [0.05, 0.1) is 6.61 Å². The molecule has 1 unspecified atom stereocenters. The maximum atomic E-state index is 10.6. The molecule has 0 fully saturated rings. The molecule has 20 heavy (non-hydrogen) atoms. The average Bonchev–Trinajstić information content (AvgIpc) is 2.45. The first-order valence-corrected chi connectivity index (χ1v) is 6.21. The van der Waals surface area contributed by atoms with Gasteiger partial charge in [-0.3, -0.25) is 0 Å². The number of rotatable bonds is 5. The predicted molar refractivity (Wildman–Crippen MR) is 80.0 cm³/mol. The van der Waals surface area contributed by atoms with Gasteiger partial charge in [-0.1, -0.05) is 49.1 Å². The molecule has 0 radical (unpaired) electrons. The van der Waals surface area contributed by atoms with E-state index in [1.165, 1.54) is 12.5 Å². The molecule has 1 atom stereocenters. The summed E-state index contributed by atoms with van der Waals surface area (Å²) in [6.07, 6.45) is -1.00. The normalized spacial score (nSPS) is 10.8. The summed E-state index contributed by atoms with van der Waals surface area (Å²) in [5.41, 5.74) is 2.61. The van der Waals surface area contributed by atoms with Gasteiger partial charge in [0, 0.05) is 5.57 Å². The summed E-state index contributed by atoms with van der Waals surface area (Å²) in [6.45, 7) is 10.1. The van der Waals surface area contributed by atoms with Gasteiger partial charge in [-0.2, -0.15) is 0 Å². The van der Waals surface area contributed by atoms with Crippen molar-refractivity contribution in [2.75, 3.05) is 13.2 Å². The number of benzene rings is 1. The fraction of sp³-hybridized carbons (Fsp3) is 0.312. The van der Waals surface area contributed by atoms with Gasteiger partial charge in [-0.25, -0.2) is 4.79 Å². The second-order valence-corrected chi connectivity index (χ2v) is 4.36. The van der Waals surface area contributed by atoms with Crippen LogP contribution in [0.1, 0.15) is 19.4 Å². The number of aliphatic hydroxyl groups excluding tert-OH is 2. The highest BCUT2D eigenvalue weighted by Crippen LogP contribution is 2.08. The van der Waals surface area contributed by atoms with E-state index in [0.717, 1.165) is 5.57 Å². The number of aliphatic hydroxyl groups is 2. The standard InChI is InChI=1S/C9H10.C7H12O4/c1-8(2)9-6-4-3-5-7-9;1-5(2)7(10)11-4-6(9)3-8/h3-7H,1H2,2H3;6,8-9H,1,3-4H2,2H3. The Bertz CT molecular complexity index is 437. The van der Waals surface area contributed by atoms with E-state index in [1.54, 1.807) is 0 Å². The maximum Gasteiger partial charge on any atom is 0.333 e. The number of allylic oxidation sites excluding steroid dienone is 1. The summed E-state index contributed by atoms with van der Waals surface area (Å²) in [4.78, 5) is 10.6. The van der Waals surface area contributed by atoms with Gasteiger partial charge in [0.15, 0.2) is 0 Å². The van der Waals surface area contributed by atoms with Crippen molar-refractivity contribution >= 4 is 11.5 Å². The fourth-order valence-electron chi connectivity index (χ4n) is 1.07. The SMILES string of the molecule is C=C(C)C(=O)OCC(O)CO.C=C(C)c1ccccc1. The smallest absolute Gasteiger partial charge is 0.333 e. The molecule has 0 aromatic heterocycles. The van der Waals surface area contributed by atoms with Gasteiger partial charge in [-0.05, 0) is 19.4 Å². The van der Waals surface area contributed by atoms with Crippen molar-refractivity contribution in [1.82, 2.24) is 0 Å². The number of esters is 1. The van der Waals surface area contributed by atoms with Crippen LogP contribution in [0, 0.1) is 0 Å². The Kier molecular flexibility index (Phi) is 9.00. The third kappa shape index (κ3) is 8.24. The van der Waals surface area contributed by atoms with Crippen LogP contribution in [0.15, 0.2) is 49.1 Å². The summed E-state index contributed by atoms with van der Waals surface area (Å²) in [6, 6.07) is 10.2. The summed E-state index contributed by atoms with van der Waals surface area (Å²) < 4.78 is 4.51. The van der Waals surface area contributed by atoms with Crippen LogP contribution in [0.5, 0.6) is 0 Å². The molecule has 4 heteroatoms. The van der Waals surface area contributed by atoms with E-state index in [9.17, 15) is 4.79 Å². The Labute approximate surface area is 120 Å². The van der Waals surface area contributed by atoms with Crippen molar-refractivity contribution in [1.29, 1.82) is 0 Å². The molecule has 1 aromatic carbocycles. The Morgan fingerprint density at radius 2 is 1.80 bits per heavy atom. The van der Waals surface area contributed by atoms with Crippen LogP contribution < -0.4 is 0 Å². The molecule has 0 amide bonds. The molecule has 4 nitrogen and oxygen atoms in total. The molecule has 1 aromatic rings. The highest BCUT2D eigenvalue weighted by molar-refractivity contribution is 5.86. The van der Waals surface area contributed by atoms with Gasteiger partial charge in [-0.15, -0.1) is 0 Å². The first kappa shape index (κ1) is 18.1. The lowest BCUT2D eigenvalue weighted by atomic mass is 10.1. The monoisotopic (exact) mass is 278 g/mol. The molecule has 1 rings (SSSR count). The second kappa shape index (κ2) is 9.95. The van der Waals surface area contributed by atoms with Gasteiger partial charge in [0.2, 0.25) is 0 Å². The van der Waals surface area contributed by atoms with E-state index in [2.05, 4.69) is 30.0 Å². The van der Waals surface area contributed by atoms with Crippen molar-refractivity contribution in [3.8, 4) is 0 Å². The van der Waals surface area contributed by atoms with E-state index in [-0.39, 0.29) is 12.2 Å². The third-order valence-electron chi connectivity index (χ3n) is 2.23. The zero-order valence-electron chi connectivity index (χ0n) is 12.0. The lowest BCUT2D eigenvalue weighted by Gasteiger charge is -2.07. The van der Waals surface area contributed by atoms with Gasteiger partial charge < -0.3 is 14.9 Å². The van der Waals surface area contributed by atoms with Crippen LogP contribution in [0.4, 0.5) is 0 Å². The Balaban J connectivity index is 0.000000367. The quantitative estimate of drug-likeness (QED) is 0.640. The predicted octanol–water partition coefficient (Wildman–Crippen LogP) is 2.18. The largest absolute Gasteiger partial charge is 0.460 e. The topological polar surface area (TPSA) is 66.8 Å². The summed E-state index contributed by atoms with van der Waals surface area (Å²) in [7, 11) is 0. The van der Waals surface area contributed by atoms with Crippen LogP contribution in [0.2, 0.25) is 0 Å². The Hall–Kier alpha value is -1.91. The summed E-state index contributed by atoms with van der Waals surface area (Å²) >= 11 is 0. The Morgan fingerprint density at radius 1 is 1.25 bits per heavy atom. The van der Waals surface area contributed by atoms with Crippen LogP contribution in [-0.4, -0.2) is 35.5 Å². The van der Waals surface area contributed by atoms with Crippen molar-refractivity contribution in [2.24, 2.45) is 0 Å². The van der Waals surface area contributed by atoms with Gasteiger partial charge >= 0.3 is 5.97 Å². The molecule has 0 aliphatic carbocycles. The minimum absolute atomic E-state index is 0.192. The van der Waals surface area contributed by atoms with Crippen LogP contribution in [0.3, 0.4) is 0 Å². The first-order chi connectivity index (χ1) is 9.38. The minimum atomic E-state index is -1.00. The number of carbonyl (C=O) groups is 1. The third-order valence-corrected chi connectivity index (χ3v) is 2.23. The number of carbonyl (C=O) groups excluding carboxylic acids is 1. The van der Waals surface area contributed by atoms with Crippen LogP contribution >= 0.6 is 0 Å². The summed E-state index contributed by atoms with van der Waals surface area (Å²) in [5, 5.41) is 17.1. The fourth-order valence-corrected chi connectivity index (χ4v) is 1.07. The molecule has 2 N–H and O–H groups in total. The molecule has 0 aliphatic heterocycles. The zero-order valence-corrected chi connectivity index (χ0v) is 12.0. The minimum Gasteiger partial charge on any atom is -0.460 e. The molecule has 0 bridgehead atoms. The van der Waals surface area contributed by atoms with Gasteiger partial charge in [0.1, 0.15) is 12.7 Å². The lowest BCUT2D eigenvalue weighted by molar-refractivity contribution is -0.142. The molecule has 0 spiro atoms. The van der Waals surface area contributed by atoms with Crippen LogP contribution in [-0.2, 0) is 9.53 Å². The molecule has 0 heterocycles. The first-order valence-electron chi connectivity index (χ1n) is 6.21. The van der Waals surface area contributed by atoms with Crippen molar-refractivity contribution in [3.63, 3.8) is 0 Å². The molecular formula is C16H22O4. The highest BCUT2D eigenvalue weighted by Gasteiger charge is 2.07. The summed E-state index contributed by atoms with van der Waals surface area (Å²) in [5.74, 6) is -0.558. The van der Waals surface area contributed by atoms with E-state index in [1.807, 2.05) is 25.1 Å². The van der Waals surface area contributed by atoms with E-state index < -0.39 is 18.7 Å². The lowest BCUT2D eigenvalue weighted by Crippen LogP contribution is -2.22. The maximum absolute atomic E-state index is 10.6. The number of hydrogen-bond donors (Lipinski definition) is 2. The molecule has 0 saturated carbocycles. The average molecular weight is 278 g/mol. The molecule has 0 aliphatic rings. The van der Waals surface area contributed by atoms with Crippen molar-refractivity contribution in [3.05, 3.63) is 54.6 Å². The number of hydrogen-bond acceptors (Lipinski definition) is 4. The van der Waals surface area contributed by atoms with Crippen molar-refractivity contribution < 1.29 is 19.7 Å². The van der Waals surface area contributed by atoms with E-state index >= 15 is 0 Å². The van der Waals surface area contributed by atoms with E-state index in [0.29, 0.717) is 0 Å². The highest BCUT2D eigenvalue weighted by atomic mass is 16.5. The zero-order chi connectivity index (χ0) is 15.5.